The van der Waals surface area contributed by atoms with Gasteiger partial charge < -0.3 is 16.4 Å². The Morgan fingerprint density at radius 1 is 1.25 bits per heavy atom. The fourth-order valence-corrected chi connectivity index (χ4v) is 0.996. The minimum Gasteiger partial charge on any atom is -0.383 e. The predicted molar refractivity (Wildman–Crippen MR) is 48.4 cm³/mol. The zero-order chi connectivity index (χ0) is 9.14. The largest absolute Gasteiger partial charge is 0.383 e. The number of nitrogens with one attached hydrogen (secondary N) is 2. The third kappa shape index (κ3) is 1.18. The van der Waals surface area contributed by atoms with Crippen molar-refractivity contribution in [1.82, 2.24) is 0 Å². The normalized spacial score (nSPS) is 10.2. The minimum absolute atomic E-state index is 0.355. The molecule has 0 aliphatic heterocycles. The van der Waals surface area contributed by atoms with Gasteiger partial charge in [0.05, 0.1) is 0 Å². The van der Waals surface area contributed by atoms with Gasteiger partial charge in [-0.3, -0.25) is 9.59 Å². The maximum Gasteiger partial charge on any atom is 0.253 e. The monoisotopic (exact) mass is 169 g/mol. The minimum atomic E-state index is -0.465. The molecule has 4 N–H and O–H groups in total. The molecule has 0 aliphatic rings. The van der Waals surface area contributed by atoms with Crippen molar-refractivity contribution in [3.05, 3.63) is 20.4 Å². The van der Waals surface area contributed by atoms with E-state index < -0.39 is 10.9 Å². The Labute approximate surface area is 69.3 Å². The van der Waals surface area contributed by atoms with E-state index in [0.29, 0.717) is 24.5 Å². The second kappa shape index (κ2) is 3.36. The van der Waals surface area contributed by atoms with E-state index in [4.69, 9.17) is 5.73 Å². The number of nitrogens with two attached hydrogens (primary N) is 1. The topological polar surface area (TPSA) is 84.2 Å². The van der Waals surface area contributed by atoms with Crippen molar-refractivity contribution in [2.45, 2.75) is 0 Å². The van der Waals surface area contributed by atoms with Crippen molar-refractivity contribution in [2.24, 2.45) is 5.73 Å². The number of hydrogen-bond donors (Lipinski definition) is 3. The number of anilines is 2. The van der Waals surface area contributed by atoms with Crippen LogP contribution in [-0.4, -0.2) is 20.1 Å². The third-order valence-corrected chi connectivity index (χ3v) is 1.61. The number of rotatable bonds is 4. The van der Waals surface area contributed by atoms with Crippen LogP contribution in [0.2, 0.25) is 0 Å². The summed E-state index contributed by atoms with van der Waals surface area (Å²) in [5.74, 6) is 0. The molecule has 0 bridgehead atoms. The molecule has 5 heteroatoms. The molecule has 1 aromatic rings. The van der Waals surface area contributed by atoms with E-state index in [1.54, 1.807) is 7.05 Å². The van der Waals surface area contributed by atoms with E-state index in [1.807, 2.05) is 0 Å². The predicted octanol–water partition coefficient (Wildman–Crippen LogP) is -1.31. The van der Waals surface area contributed by atoms with Gasteiger partial charge in [0.25, 0.3) is 10.9 Å². The van der Waals surface area contributed by atoms with Gasteiger partial charge in [-0.25, -0.2) is 0 Å². The van der Waals surface area contributed by atoms with Crippen LogP contribution < -0.4 is 27.2 Å². The molecule has 0 spiro atoms. The van der Waals surface area contributed by atoms with E-state index in [9.17, 15) is 9.59 Å². The second-order valence-electron chi connectivity index (χ2n) is 2.37. The standard InChI is InChI=1S/C7H11N3O2/c1-9-4-5(10-3-2-8)7(12)6(4)11/h9-10H,2-3,8H2,1H3. The van der Waals surface area contributed by atoms with Gasteiger partial charge in [0, 0.05) is 20.1 Å². The van der Waals surface area contributed by atoms with Crippen molar-refractivity contribution in [1.29, 1.82) is 0 Å². The van der Waals surface area contributed by atoms with Crippen LogP contribution in [0.15, 0.2) is 9.59 Å². The molecule has 0 fully saturated rings. The van der Waals surface area contributed by atoms with Crippen molar-refractivity contribution in [2.75, 3.05) is 30.8 Å². The zero-order valence-corrected chi connectivity index (χ0v) is 6.81. The van der Waals surface area contributed by atoms with Crippen LogP contribution in [-0.2, 0) is 0 Å². The van der Waals surface area contributed by atoms with Gasteiger partial charge in [-0.1, -0.05) is 0 Å². The molecule has 0 heterocycles. The van der Waals surface area contributed by atoms with Gasteiger partial charge in [-0.15, -0.1) is 0 Å². The Kier molecular flexibility index (Phi) is 2.44. The molecule has 0 radical (unpaired) electrons. The molecule has 5 nitrogen and oxygen atoms in total. The van der Waals surface area contributed by atoms with Crippen LogP contribution in [0.1, 0.15) is 0 Å². The highest BCUT2D eigenvalue weighted by Gasteiger charge is 2.18. The van der Waals surface area contributed by atoms with Crippen LogP contribution in [0.4, 0.5) is 11.4 Å². The van der Waals surface area contributed by atoms with Gasteiger partial charge in [0.15, 0.2) is 0 Å². The van der Waals surface area contributed by atoms with Crippen LogP contribution in [0.5, 0.6) is 0 Å². The first-order chi connectivity index (χ1) is 5.72. The molecule has 1 rings (SSSR count). The Hall–Kier alpha value is -1.36. The smallest absolute Gasteiger partial charge is 0.253 e. The molecule has 0 saturated heterocycles. The summed E-state index contributed by atoms with van der Waals surface area (Å²) in [5, 5.41) is 5.42. The van der Waals surface area contributed by atoms with Crippen LogP contribution in [0.25, 0.3) is 0 Å². The lowest BCUT2D eigenvalue weighted by Gasteiger charge is -2.10. The summed E-state index contributed by atoms with van der Waals surface area (Å²) in [6, 6.07) is 0. The van der Waals surface area contributed by atoms with Crippen LogP contribution >= 0.6 is 0 Å². The van der Waals surface area contributed by atoms with E-state index >= 15 is 0 Å². The van der Waals surface area contributed by atoms with E-state index in [0.717, 1.165) is 0 Å². The maximum atomic E-state index is 10.9. The summed E-state index contributed by atoms with van der Waals surface area (Å²) in [5.41, 5.74) is 5.00. The maximum absolute atomic E-state index is 10.9. The first-order valence-corrected chi connectivity index (χ1v) is 3.67. The Morgan fingerprint density at radius 3 is 2.33 bits per heavy atom. The summed E-state index contributed by atoms with van der Waals surface area (Å²) in [6.07, 6.45) is 0. The Morgan fingerprint density at radius 2 is 1.83 bits per heavy atom. The molecule has 0 aliphatic carbocycles. The van der Waals surface area contributed by atoms with Gasteiger partial charge in [0.1, 0.15) is 11.4 Å². The lowest BCUT2D eigenvalue weighted by atomic mass is 10.2. The van der Waals surface area contributed by atoms with Gasteiger partial charge in [-0.2, -0.15) is 0 Å². The molecule has 1 aromatic carbocycles. The third-order valence-electron chi connectivity index (χ3n) is 1.61. The summed E-state index contributed by atoms with van der Waals surface area (Å²) in [4.78, 5) is 21.7. The summed E-state index contributed by atoms with van der Waals surface area (Å²) >= 11 is 0. The molecular formula is C7H11N3O2. The lowest BCUT2D eigenvalue weighted by molar-refractivity contribution is 1.02. The lowest BCUT2D eigenvalue weighted by Crippen LogP contribution is -2.37. The molecule has 12 heavy (non-hydrogen) atoms. The van der Waals surface area contributed by atoms with Crippen molar-refractivity contribution < 1.29 is 0 Å². The molecule has 0 saturated carbocycles. The fraction of sp³-hybridized carbons (Fsp3) is 0.429. The zero-order valence-electron chi connectivity index (χ0n) is 6.81. The molecule has 0 atom stereocenters. The molecular weight excluding hydrogens is 158 g/mol. The first kappa shape index (κ1) is 8.73. The van der Waals surface area contributed by atoms with Gasteiger partial charge >= 0.3 is 0 Å². The highest BCUT2D eigenvalue weighted by Crippen LogP contribution is 2.11. The molecule has 0 amide bonds. The molecule has 0 aromatic heterocycles. The van der Waals surface area contributed by atoms with Crippen LogP contribution in [0, 0.1) is 0 Å². The summed E-state index contributed by atoms with van der Waals surface area (Å²) in [7, 11) is 1.60. The first-order valence-electron chi connectivity index (χ1n) is 3.67. The van der Waals surface area contributed by atoms with E-state index in [1.165, 1.54) is 0 Å². The van der Waals surface area contributed by atoms with Gasteiger partial charge in [0.2, 0.25) is 0 Å². The molecule has 66 valence electrons. The quantitative estimate of drug-likeness (QED) is 0.488. The SMILES string of the molecule is CNc1c(NCCN)c(=O)c1=O. The Bertz CT molecular complexity index is 338. The van der Waals surface area contributed by atoms with Crippen molar-refractivity contribution >= 4 is 11.4 Å². The Balaban J connectivity index is 2.79. The van der Waals surface area contributed by atoms with E-state index in [2.05, 4.69) is 10.6 Å². The van der Waals surface area contributed by atoms with Crippen molar-refractivity contribution in [3.63, 3.8) is 0 Å². The van der Waals surface area contributed by atoms with Crippen LogP contribution in [0.3, 0.4) is 0 Å². The molecule has 0 unspecified atom stereocenters. The summed E-state index contributed by atoms with van der Waals surface area (Å²) < 4.78 is 0. The van der Waals surface area contributed by atoms with Gasteiger partial charge in [-0.05, 0) is 0 Å². The average molecular weight is 169 g/mol. The second-order valence-corrected chi connectivity index (χ2v) is 2.37. The summed E-state index contributed by atoms with van der Waals surface area (Å²) in [6.45, 7) is 0.932. The fourth-order valence-electron chi connectivity index (χ4n) is 0.996. The highest BCUT2D eigenvalue weighted by molar-refractivity contribution is 5.73. The highest BCUT2D eigenvalue weighted by atomic mass is 16.2. The van der Waals surface area contributed by atoms with Crippen molar-refractivity contribution in [3.8, 4) is 0 Å². The average Bonchev–Trinajstić information content (AvgIpc) is 2.10. The van der Waals surface area contributed by atoms with E-state index in [-0.39, 0.29) is 0 Å². The number of hydrogen-bond acceptors (Lipinski definition) is 5.